The fourth-order valence-electron chi connectivity index (χ4n) is 3.50. The Hall–Kier alpha value is -0.130. The van der Waals surface area contributed by atoms with Crippen molar-refractivity contribution in [2.45, 2.75) is 38.5 Å². The van der Waals surface area contributed by atoms with Gasteiger partial charge in [-0.15, -0.1) is 0 Å². The predicted molar refractivity (Wildman–Crippen MR) is 79.2 cm³/mol. The molecule has 2 aliphatic rings. The third-order valence-corrected chi connectivity index (χ3v) is 5.78. The average molecular weight is 288 g/mol. The molecular weight excluding hydrogens is 260 g/mol. The van der Waals surface area contributed by atoms with Gasteiger partial charge in [-0.3, -0.25) is 0 Å². The molecule has 0 radical (unpaired) electrons. The monoisotopic (exact) mass is 288 g/mol. The second kappa shape index (κ2) is 6.55. The minimum atomic E-state index is -2.82. The van der Waals surface area contributed by atoms with Crippen LogP contribution in [-0.2, 0) is 9.84 Å². The molecule has 1 saturated carbocycles. The molecule has 1 aliphatic heterocycles. The standard InChI is InChI=1S/C14H28N2O2S/c1-19(17,18)13-9-15-8-12-16-10-6-14(7-11-16)4-2-3-5-14/h15H,2-13H2,1H3. The maximum atomic E-state index is 11.0. The van der Waals surface area contributed by atoms with Gasteiger partial charge in [0.1, 0.15) is 9.84 Å². The first-order valence-electron chi connectivity index (χ1n) is 7.60. The van der Waals surface area contributed by atoms with E-state index in [1.165, 1.54) is 57.9 Å². The summed E-state index contributed by atoms with van der Waals surface area (Å²) >= 11 is 0. The van der Waals surface area contributed by atoms with E-state index in [1.54, 1.807) is 0 Å². The molecule has 5 heteroatoms. The molecule has 19 heavy (non-hydrogen) atoms. The smallest absolute Gasteiger partial charge is 0.148 e. The molecular formula is C14H28N2O2S. The maximum Gasteiger partial charge on any atom is 0.148 e. The Balaban J connectivity index is 1.56. The number of sulfone groups is 1. The molecule has 0 aromatic heterocycles. The second-order valence-electron chi connectivity index (χ2n) is 6.43. The number of piperidine rings is 1. The van der Waals surface area contributed by atoms with E-state index in [4.69, 9.17) is 0 Å². The van der Waals surface area contributed by atoms with Gasteiger partial charge in [-0.05, 0) is 44.2 Å². The normalized spacial score (nSPS) is 24.1. The van der Waals surface area contributed by atoms with Gasteiger partial charge in [0, 0.05) is 25.9 Å². The molecule has 1 spiro atoms. The topological polar surface area (TPSA) is 49.4 Å². The lowest BCUT2D eigenvalue weighted by atomic mass is 9.77. The molecule has 1 N–H and O–H groups in total. The lowest BCUT2D eigenvalue weighted by Gasteiger charge is -2.39. The zero-order chi connectivity index (χ0) is 13.8. The van der Waals surface area contributed by atoms with E-state index in [1.807, 2.05) is 0 Å². The van der Waals surface area contributed by atoms with Crippen LogP contribution in [0, 0.1) is 5.41 Å². The fraction of sp³-hybridized carbons (Fsp3) is 1.00. The lowest BCUT2D eigenvalue weighted by Crippen LogP contribution is -2.42. The number of hydrogen-bond donors (Lipinski definition) is 1. The molecule has 0 aromatic rings. The minimum Gasteiger partial charge on any atom is -0.314 e. The molecule has 1 aliphatic carbocycles. The van der Waals surface area contributed by atoms with Crippen LogP contribution in [0.25, 0.3) is 0 Å². The van der Waals surface area contributed by atoms with E-state index < -0.39 is 9.84 Å². The summed E-state index contributed by atoms with van der Waals surface area (Å²) in [5.74, 6) is 0.246. The van der Waals surface area contributed by atoms with Crippen molar-refractivity contribution >= 4 is 9.84 Å². The molecule has 4 nitrogen and oxygen atoms in total. The number of nitrogens with zero attached hydrogens (tertiary/aromatic N) is 1. The van der Waals surface area contributed by atoms with Crippen LogP contribution in [0.5, 0.6) is 0 Å². The van der Waals surface area contributed by atoms with Crippen LogP contribution >= 0.6 is 0 Å². The van der Waals surface area contributed by atoms with Gasteiger partial charge in [0.25, 0.3) is 0 Å². The van der Waals surface area contributed by atoms with Crippen molar-refractivity contribution in [3.63, 3.8) is 0 Å². The van der Waals surface area contributed by atoms with E-state index in [9.17, 15) is 8.42 Å². The van der Waals surface area contributed by atoms with E-state index in [0.29, 0.717) is 12.0 Å². The molecule has 2 fully saturated rings. The van der Waals surface area contributed by atoms with Crippen LogP contribution in [0.4, 0.5) is 0 Å². The molecule has 0 atom stereocenters. The van der Waals surface area contributed by atoms with Gasteiger partial charge in [0.15, 0.2) is 0 Å². The van der Waals surface area contributed by atoms with Crippen LogP contribution in [0.15, 0.2) is 0 Å². The van der Waals surface area contributed by atoms with Crippen LogP contribution in [-0.4, -0.2) is 58.1 Å². The highest BCUT2D eigenvalue weighted by Gasteiger charge is 2.36. The van der Waals surface area contributed by atoms with Crippen molar-refractivity contribution in [2.75, 3.05) is 44.7 Å². The zero-order valence-corrected chi connectivity index (χ0v) is 13.0. The van der Waals surface area contributed by atoms with Crippen molar-refractivity contribution in [1.29, 1.82) is 0 Å². The first kappa shape index (κ1) is 15.3. The van der Waals surface area contributed by atoms with Crippen molar-refractivity contribution < 1.29 is 8.42 Å². The summed E-state index contributed by atoms with van der Waals surface area (Å²) in [6.07, 6.45) is 9.81. The number of rotatable bonds is 6. The van der Waals surface area contributed by atoms with Gasteiger partial charge in [0.2, 0.25) is 0 Å². The molecule has 0 aromatic carbocycles. The number of hydrogen-bond acceptors (Lipinski definition) is 4. The Morgan fingerprint density at radius 1 is 1.05 bits per heavy atom. The Kier molecular flexibility index (Phi) is 5.26. The van der Waals surface area contributed by atoms with Gasteiger partial charge < -0.3 is 10.2 Å². The minimum absolute atomic E-state index is 0.246. The first-order chi connectivity index (χ1) is 8.99. The highest BCUT2D eigenvalue weighted by molar-refractivity contribution is 7.90. The molecule has 0 bridgehead atoms. The summed E-state index contributed by atoms with van der Waals surface area (Å²) in [5.41, 5.74) is 0.695. The Morgan fingerprint density at radius 2 is 1.68 bits per heavy atom. The van der Waals surface area contributed by atoms with Gasteiger partial charge in [-0.25, -0.2) is 8.42 Å². The predicted octanol–water partition coefficient (Wildman–Crippen LogP) is 1.28. The van der Waals surface area contributed by atoms with Crippen LogP contribution in [0.2, 0.25) is 0 Å². The van der Waals surface area contributed by atoms with E-state index >= 15 is 0 Å². The zero-order valence-electron chi connectivity index (χ0n) is 12.2. The summed E-state index contributed by atoms with van der Waals surface area (Å²) in [7, 11) is -2.82. The summed E-state index contributed by atoms with van der Waals surface area (Å²) in [6, 6.07) is 0. The molecule has 1 heterocycles. The summed E-state index contributed by atoms with van der Waals surface area (Å²) in [4.78, 5) is 2.52. The summed E-state index contributed by atoms with van der Waals surface area (Å²) < 4.78 is 22.0. The SMILES string of the molecule is CS(=O)(=O)CCNCCN1CCC2(CCCC2)CC1. The van der Waals surface area contributed by atoms with E-state index in [2.05, 4.69) is 10.2 Å². The number of likely N-dealkylation sites (tertiary alicyclic amines) is 1. The molecule has 2 rings (SSSR count). The highest BCUT2D eigenvalue weighted by atomic mass is 32.2. The molecule has 0 unspecified atom stereocenters. The molecule has 112 valence electrons. The average Bonchev–Trinajstić information content (AvgIpc) is 2.79. The van der Waals surface area contributed by atoms with Crippen molar-refractivity contribution in [3.05, 3.63) is 0 Å². The lowest BCUT2D eigenvalue weighted by molar-refractivity contribution is 0.109. The van der Waals surface area contributed by atoms with Crippen molar-refractivity contribution in [3.8, 4) is 0 Å². The van der Waals surface area contributed by atoms with Crippen LogP contribution in [0.1, 0.15) is 38.5 Å². The quantitative estimate of drug-likeness (QED) is 0.748. The third kappa shape index (κ3) is 5.04. The van der Waals surface area contributed by atoms with E-state index in [-0.39, 0.29) is 5.75 Å². The fourth-order valence-corrected chi connectivity index (χ4v) is 4.01. The Bertz CT molecular complexity index is 365. The Labute approximate surface area is 117 Å². The third-order valence-electron chi connectivity index (χ3n) is 4.84. The van der Waals surface area contributed by atoms with Gasteiger partial charge >= 0.3 is 0 Å². The highest BCUT2D eigenvalue weighted by Crippen LogP contribution is 2.45. The largest absolute Gasteiger partial charge is 0.314 e. The molecule has 1 saturated heterocycles. The van der Waals surface area contributed by atoms with E-state index in [0.717, 1.165) is 13.1 Å². The van der Waals surface area contributed by atoms with Gasteiger partial charge in [-0.1, -0.05) is 12.8 Å². The second-order valence-corrected chi connectivity index (χ2v) is 8.69. The van der Waals surface area contributed by atoms with Gasteiger partial charge in [0.05, 0.1) is 5.75 Å². The van der Waals surface area contributed by atoms with Crippen LogP contribution in [0.3, 0.4) is 0 Å². The molecule has 0 amide bonds. The van der Waals surface area contributed by atoms with Gasteiger partial charge in [-0.2, -0.15) is 0 Å². The number of nitrogens with one attached hydrogen (secondary N) is 1. The van der Waals surface area contributed by atoms with Crippen molar-refractivity contribution in [2.24, 2.45) is 5.41 Å². The summed E-state index contributed by atoms with van der Waals surface area (Å²) in [6.45, 7) is 5.00. The van der Waals surface area contributed by atoms with Crippen LogP contribution < -0.4 is 5.32 Å². The van der Waals surface area contributed by atoms with Crippen molar-refractivity contribution in [1.82, 2.24) is 10.2 Å². The summed E-state index contributed by atoms with van der Waals surface area (Å²) in [5, 5.41) is 3.23. The first-order valence-corrected chi connectivity index (χ1v) is 9.66. The Morgan fingerprint density at radius 3 is 2.26 bits per heavy atom. The maximum absolute atomic E-state index is 11.0.